The van der Waals surface area contributed by atoms with E-state index in [1.165, 1.54) is 12.1 Å². The van der Waals surface area contributed by atoms with Crippen LogP contribution in [-0.2, 0) is 0 Å². The molecule has 1 aromatic carbocycles. The summed E-state index contributed by atoms with van der Waals surface area (Å²) >= 11 is 0. The lowest BCUT2D eigenvalue weighted by Crippen LogP contribution is -2.31. The van der Waals surface area contributed by atoms with Crippen LogP contribution in [0.25, 0.3) is 10.9 Å². The molecule has 1 unspecified atom stereocenters. The number of amides is 1. The largest absolute Gasteiger partial charge is 0.350 e. The number of halogens is 1. The Morgan fingerprint density at radius 2 is 1.88 bits per heavy atom. The first kappa shape index (κ1) is 21.1. The van der Waals surface area contributed by atoms with Crippen LogP contribution in [0.15, 0.2) is 42.5 Å². The first-order chi connectivity index (χ1) is 15.9. The molecular formula is C25H25FN6O. The third kappa shape index (κ3) is 4.04. The number of nitrogens with one attached hydrogen (secondary N) is 2. The van der Waals surface area contributed by atoms with Crippen LogP contribution in [0.3, 0.4) is 0 Å². The molecule has 1 aliphatic rings. The third-order valence-corrected chi connectivity index (χ3v) is 6.08. The minimum absolute atomic E-state index is 0.0931. The molecule has 7 nitrogen and oxygen atoms in total. The molecule has 4 aromatic rings. The number of rotatable bonds is 4. The average Bonchev–Trinajstić information content (AvgIpc) is 3.38. The zero-order valence-corrected chi connectivity index (χ0v) is 18.8. The van der Waals surface area contributed by atoms with E-state index in [0.29, 0.717) is 24.0 Å². The second kappa shape index (κ2) is 8.27. The smallest absolute Gasteiger partial charge is 0.271 e. The molecule has 1 atom stereocenters. The summed E-state index contributed by atoms with van der Waals surface area (Å²) in [7, 11) is 0. The molecule has 168 valence electrons. The molecule has 1 amide bonds. The Kier molecular flexibility index (Phi) is 5.28. The fraction of sp³-hybridized carbons (Fsp3) is 0.280. The molecule has 0 bridgehead atoms. The van der Waals surface area contributed by atoms with E-state index in [-0.39, 0.29) is 17.8 Å². The van der Waals surface area contributed by atoms with Crippen LogP contribution in [0.5, 0.6) is 0 Å². The Morgan fingerprint density at radius 1 is 1.09 bits per heavy atom. The lowest BCUT2D eigenvalue weighted by Gasteiger charge is -2.24. The van der Waals surface area contributed by atoms with Crippen molar-refractivity contribution in [3.63, 3.8) is 0 Å². The van der Waals surface area contributed by atoms with Crippen molar-refractivity contribution in [2.75, 3.05) is 11.9 Å². The number of hydrogen-bond acceptors (Lipinski definition) is 5. The zero-order valence-electron chi connectivity index (χ0n) is 18.8. The van der Waals surface area contributed by atoms with E-state index in [1.807, 2.05) is 49.9 Å². The summed E-state index contributed by atoms with van der Waals surface area (Å²) in [6.45, 7) is 6.34. The molecule has 2 N–H and O–H groups in total. The van der Waals surface area contributed by atoms with E-state index in [0.717, 1.165) is 46.4 Å². The molecule has 5 rings (SSSR count). The van der Waals surface area contributed by atoms with Gasteiger partial charge in [0.05, 0.1) is 11.7 Å². The first-order valence-electron chi connectivity index (χ1n) is 11.0. The van der Waals surface area contributed by atoms with Crippen molar-refractivity contribution >= 4 is 28.6 Å². The molecule has 3 aromatic heterocycles. The molecule has 0 spiro atoms. The number of aromatic amines is 1. The van der Waals surface area contributed by atoms with Crippen LogP contribution in [0.4, 0.5) is 16.2 Å². The highest BCUT2D eigenvalue weighted by Crippen LogP contribution is 2.34. The molecular weight excluding hydrogens is 419 g/mol. The van der Waals surface area contributed by atoms with E-state index >= 15 is 0 Å². The maximum absolute atomic E-state index is 13.7. The minimum atomic E-state index is -0.316. The summed E-state index contributed by atoms with van der Waals surface area (Å²) in [5.41, 5.74) is 4.58. The van der Waals surface area contributed by atoms with Gasteiger partial charge in [-0.25, -0.2) is 19.3 Å². The second-order valence-corrected chi connectivity index (χ2v) is 8.52. The molecule has 0 radical (unpaired) electrons. The van der Waals surface area contributed by atoms with Gasteiger partial charge in [0.25, 0.3) is 5.91 Å². The number of nitrogens with zero attached hydrogens (tertiary/aromatic N) is 4. The van der Waals surface area contributed by atoms with E-state index in [1.54, 1.807) is 6.07 Å². The minimum Gasteiger partial charge on any atom is -0.350 e. The maximum Gasteiger partial charge on any atom is 0.271 e. The van der Waals surface area contributed by atoms with Crippen LogP contribution < -0.4 is 5.32 Å². The molecule has 1 saturated heterocycles. The van der Waals surface area contributed by atoms with E-state index in [4.69, 9.17) is 4.98 Å². The van der Waals surface area contributed by atoms with Gasteiger partial charge in [-0.1, -0.05) is 6.07 Å². The topological polar surface area (TPSA) is 86.8 Å². The summed E-state index contributed by atoms with van der Waals surface area (Å²) in [6.07, 6.45) is 1.72. The number of aromatic nitrogens is 4. The first-order valence-corrected chi connectivity index (χ1v) is 11.0. The molecule has 0 aliphatic carbocycles. The van der Waals surface area contributed by atoms with Crippen molar-refractivity contribution in [3.05, 3.63) is 76.6 Å². The highest BCUT2D eigenvalue weighted by molar-refractivity contribution is 6.01. The van der Waals surface area contributed by atoms with Gasteiger partial charge in [0.2, 0.25) is 5.95 Å². The van der Waals surface area contributed by atoms with E-state index < -0.39 is 0 Å². The van der Waals surface area contributed by atoms with E-state index in [9.17, 15) is 9.18 Å². The molecule has 1 fully saturated rings. The van der Waals surface area contributed by atoms with Gasteiger partial charge in [0, 0.05) is 28.8 Å². The molecule has 4 heterocycles. The SMILES string of the molecule is Cc1cc(C)nc(Nc2cccc(C3CCCN3C(=O)c3[nH]c4ccc(F)cc4c3C)n2)n1. The predicted octanol–water partition coefficient (Wildman–Crippen LogP) is 5.14. The fourth-order valence-corrected chi connectivity index (χ4v) is 4.58. The van der Waals surface area contributed by atoms with Crippen LogP contribution in [-0.4, -0.2) is 37.3 Å². The monoisotopic (exact) mass is 444 g/mol. The van der Waals surface area contributed by atoms with Gasteiger partial charge < -0.3 is 15.2 Å². The normalized spacial score (nSPS) is 15.9. The van der Waals surface area contributed by atoms with Gasteiger partial charge in [-0.05, 0) is 75.6 Å². The van der Waals surface area contributed by atoms with Gasteiger partial charge in [-0.3, -0.25) is 4.79 Å². The van der Waals surface area contributed by atoms with Crippen molar-refractivity contribution in [2.45, 2.75) is 39.7 Å². The number of anilines is 2. The third-order valence-electron chi connectivity index (χ3n) is 6.08. The number of carbonyl (C=O) groups is 1. The number of likely N-dealkylation sites (tertiary alicyclic amines) is 1. The summed E-state index contributed by atoms with van der Waals surface area (Å²) in [6, 6.07) is 12.0. The highest BCUT2D eigenvalue weighted by Gasteiger charge is 2.33. The standard InChI is InChI=1S/C25H25FN6O/c1-14-12-15(2)28-25(27-14)31-22-8-4-6-20(29-22)21-7-5-11-32(21)24(33)23-16(3)18-13-17(26)9-10-19(18)30-23/h4,6,8-10,12-13,21,30H,5,7,11H2,1-3H3,(H,27,28,29,31). The Labute approximate surface area is 191 Å². The number of aryl methyl sites for hydroxylation is 3. The Hall–Kier alpha value is -3.81. The highest BCUT2D eigenvalue weighted by atomic mass is 19.1. The molecule has 0 saturated carbocycles. The molecule has 33 heavy (non-hydrogen) atoms. The average molecular weight is 445 g/mol. The number of pyridine rings is 1. The fourth-order valence-electron chi connectivity index (χ4n) is 4.58. The summed E-state index contributed by atoms with van der Waals surface area (Å²) in [5, 5.41) is 3.91. The van der Waals surface area contributed by atoms with Crippen molar-refractivity contribution in [2.24, 2.45) is 0 Å². The predicted molar refractivity (Wildman–Crippen MR) is 125 cm³/mol. The van der Waals surface area contributed by atoms with Crippen molar-refractivity contribution in [3.8, 4) is 0 Å². The second-order valence-electron chi connectivity index (χ2n) is 8.52. The van der Waals surface area contributed by atoms with Gasteiger partial charge in [0.1, 0.15) is 17.3 Å². The number of benzene rings is 1. The number of hydrogen-bond donors (Lipinski definition) is 2. The number of fused-ring (bicyclic) bond motifs is 1. The molecule has 8 heteroatoms. The lowest BCUT2D eigenvalue weighted by atomic mass is 10.1. The summed E-state index contributed by atoms with van der Waals surface area (Å²) < 4.78 is 13.7. The quantitative estimate of drug-likeness (QED) is 0.455. The number of H-pyrrole nitrogens is 1. The van der Waals surface area contributed by atoms with Gasteiger partial charge >= 0.3 is 0 Å². The van der Waals surface area contributed by atoms with Crippen LogP contribution >= 0.6 is 0 Å². The van der Waals surface area contributed by atoms with E-state index in [2.05, 4.69) is 20.3 Å². The maximum atomic E-state index is 13.7. The van der Waals surface area contributed by atoms with Crippen LogP contribution in [0.1, 0.15) is 52.0 Å². The molecule has 1 aliphatic heterocycles. The Morgan fingerprint density at radius 3 is 2.67 bits per heavy atom. The summed E-state index contributed by atoms with van der Waals surface area (Å²) in [5.74, 6) is 0.722. The van der Waals surface area contributed by atoms with Crippen molar-refractivity contribution in [1.82, 2.24) is 24.8 Å². The van der Waals surface area contributed by atoms with Crippen molar-refractivity contribution in [1.29, 1.82) is 0 Å². The summed E-state index contributed by atoms with van der Waals surface area (Å²) in [4.78, 5) is 32.1. The van der Waals surface area contributed by atoms with Crippen LogP contribution in [0.2, 0.25) is 0 Å². The van der Waals surface area contributed by atoms with Gasteiger partial charge in [-0.15, -0.1) is 0 Å². The van der Waals surface area contributed by atoms with Gasteiger partial charge in [0.15, 0.2) is 0 Å². The lowest BCUT2D eigenvalue weighted by molar-refractivity contribution is 0.0727. The van der Waals surface area contributed by atoms with Gasteiger partial charge in [-0.2, -0.15) is 0 Å². The Balaban J connectivity index is 1.42. The van der Waals surface area contributed by atoms with Crippen molar-refractivity contribution < 1.29 is 9.18 Å². The Bertz CT molecular complexity index is 1340. The number of carbonyl (C=O) groups excluding carboxylic acids is 1. The van der Waals surface area contributed by atoms with Crippen LogP contribution in [0, 0.1) is 26.6 Å². The zero-order chi connectivity index (χ0) is 23.1.